The van der Waals surface area contributed by atoms with Crippen molar-refractivity contribution in [3.63, 3.8) is 0 Å². The van der Waals surface area contributed by atoms with Crippen molar-refractivity contribution < 1.29 is 9.59 Å². The molecular weight excluding hydrogens is 304 g/mol. The maximum atomic E-state index is 12.3. The molecule has 2 heterocycles. The summed E-state index contributed by atoms with van der Waals surface area (Å²) in [7, 11) is 0. The fraction of sp³-hybridized carbons (Fsp3) is 0.556. The lowest BCUT2D eigenvalue weighted by Gasteiger charge is -2.31. The van der Waals surface area contributed by atoms with E-state index in [0.717, 1.165) is 37.3 Å². The monoisotopic (exact) mass is 330 g/mol. The summed E-state index contributed by atoms with van der Waals surface area (Å²) in [6, 6.07) is 7.93. The van der Waals surface area contributed by atoms with Gasteiger partial charge in [0.15, 0.2) is 0 Å². The second-order valence-corrected chi connectivity index (χ2v) is 6.59. The Morgan fingerprint density at radius 3 is 2.38 bits per heavy atom. The van der Waals surface area contributed by atoms with Gasteiger partial charge in [-0.1, -0.05) is 12.1 Å². The molecule has 0 bridgehead atoms. The standard InChI is InChI=1S/C18H26N4O2/c1-14(23)21-12-8-15(9-13-21)19-18(24)20-16-6-2-3-7-17(16)22-10-4-5-11-22/h2-3,6-7,15H,4-5,8-13H2,1H3,(H2,19,20,24). The summed E-state index contributed by atoms with van der Waals surface area (Å²) in [4.78, 5) is 27.8. The number of amides is 3. The van der Waals surface area contributed by atoms with Gasteiger partial charge in [-0.25, -0.2) is 4.79 Å². The topological polar surface area (TPSA) is 64.7 Å². The van der Waals surface area contributed by atoms with Gasteiger partial charge in [0.2, 0.25) is 5.91 Å². The highest BCUT2D eigenvalue weighted by Crippen LogP contribution is 2.28. The van der Waals surface area contributed by atoms with E-state index < -0.39 is 0 Å². The molecule has 0 atom stereocenters. The number of carbonyl (C=O) groups excluding carboxylic acids is 2. The summed E-state index contributed by atoms with van der Waals surface area (Å²) < 4.78 is 0. The molecule has 0 unspecified atom stereocenters. The maximum Gasteiger partial charge on any atom is 0.319 e. The lowest BCUT2D eigenvalue weighted by atomic mass is 10.1. The Morgan fingerprint density at radius 1 is 1.04 bits per heavy atom. The van der Waals surface area contributed by atoms with Gasteiger partial charge in [-0.3, -0.25) is 4.79 Å². The summed E-state index contributed by atoms with van der Waals surface area (Å²) in [5.74, 6) is 0.109. The summed E-state index contributed by atoms with van der Waals surface area (Å²) in [6.45, 7) is 5.11. The zero-order valence-electron chi connectivity index (χ0n) is 14.3. The number of para-hydroxylation sites is 2. The van der Waals surface area contributed by atoms with E-state index in [9.17, 15) is 9.59 Å². The molecule has 2 aliphatic heterocycles. The van der Waals surface area contributed by atoms with E-state index in [1.54, 1.807) is 6.92 Å². The average Bonchev–Trinajstić information content (AvgIpc) is 3.10. The van der Waals surface area contributed by atoms with Crippen LogP contribution in [0.4, 0.5) is 16.2 Å². The number of anilines is 2. The van der Waals surface area contributed by atoms with Gasteiger partial charge in [-0.05, 0) is 37.8 Å². The fourth-order valence-corrected chi connectivity index (χ4v) is 3.50. The molecular formula is C18H26N4O2. The van der Waals surface area contributed by atoms with Crippen LogP contribution in [0.5, 0.6) is 0 Å². The number of likely N-dealkylation sites (tertiary alicyclic amines) is 1. The summed E-state index contributed by atoms with van der Waals surface area (Å²) in [6.07, 6.45) is 4.02. The number of nitrogens with zero attached hydrogens (tertiary/aromatic N) is 2. The van der Waals surface area contributed by atoms with Crippen molar-refractivity contribution in [2.45, 2.75) is 38.6 Å². The molecule has 130 valence electrons. The van der Waals surface area contributed by atoms with Gasteiger partial charge in [0.1, 0.15) is 0 Å². The number of carbonyl (C=O) groups is 2. The molecule has 0 saturated carbocycles. The van der Waals surface area contributed by atoms with Crippen molar-refractivity contribution in [2.24, 2.45) is 0 Å². The van der Waals surface area contributed by atoms with Crippen molar-refractivity contribution in [3.05, 3.63) is 24.3 Å². The first-order chi connectivity index (χ1) is 11.6. The predicted octanol–water partition coefficient (Wildman–Crippen LogP) is 2.42. The van der Waals surface area contributed by atoms with E-state index in [2.05, 4.69) is 21.6 Å². The van der Waals surface area contributed by atoms with Gasteiger partial charge in [0, 0.05) is 39.1 Å². The Hall–Kier alpha value is -2.24. The van der Waals surface area contributed by atoms with Crippen LogP contribution in [-0.4, -0.2) is 49.1 Å². The van der Waals surface area contributed by atoms with E-state index in [4.69, 9.17) is 0 Å². The van der Waals surface area contributed by atoms with Gasteiger partial charge in [-0.2, -0.15) is 0 Å². The Morgan fingerprint density at radius 2 is 1.71 bits per heavy atom. The average molecular weight is 330 g/mol. The van der Waals surface area contributed by atoms with Crippen molar-refractivity contribution >= 4 is 23.3 Å². The molecule has 2 aliphatic rings. The Balaban J connectivity index is 1.55. The largest absolute Gasteiger partial charge is 0.370 e. The third kappa shape index (κ3) is 3.99. The number of hydrogen-bond acceptors (Lipinski definition) is 3. The van der Waals surface area contributed by atoms with Crippen LogP contribution in [0, 0.1) is 0 Å². The Bertz CT molecular complexity index is 590. The second-order valence-electron chi connectivity index (χ2n) is 6.59. The van der Waals surface area contributed by atoms with Gasteiger partial charge in [0.05, 0.1) is 11.4 Å². The third-order valence-electron chi connectivity index (χ3n) is 4.87. The number of piperidine rings is 1. The quantitative estimate of drug-likeness (QED) is 0.894. The molecule has 6 heteroatoms. The number of rotatable bonds is 3. The zero-order chi connectivity index (χ0) is 16.9. The van der Waals surface area contributed by atoms with Crippen molar-refractivity contribution in [3.8, 4) is 0 Å². The van der Waals surface area contributed by atoms with E-state index in [-0.39, 0.29) is 18.0 Å². The van der Waals surface area contributed by atoms with Gasteiger partial charge >= 0.3 is 6.03 Å². The molecule has 2 saturated heterocycles. The first-order valence-corrected chi connectivity index (χ1v) is 8.80. The summed E-state index contributed by atoms with van der Waals surface area (Å²) in [5.41, 5.74) is 1.95. The smallest absolute Gasteiger partial charge is 0.319 e. The van der Waals surface area contributed by atoms with Crippen LogP contribution in [0.1, 0.15) is 32.6 Å². The molecule has 0 spiro atoms. The minimum Gasteiger partial charge on any atom is -0.370 e. The maximum absolute atomic E-state index is 12.3. The molecule has 3 rings (SSSR count). The first-order valence-electron chi connectivity index (χ1n) is 8.80. The van der Waals surface area contributed by atoms with Crippen molar-refractivity contribution in [2.75, 3.05) is 36.4 Å². The van der Waals surface area contributed by atoms with Gasteiger partial charge < -0.3 is 20.4 Å². The van der Waals surface area contributed by atoms with E-state index in [1.807, 2.05) is 23.1 Å². The number of benzene rings is 1. The minimum atomic E-state index is -0.164. The molecule has 1 aromatic carbocycles. The molecule has 6 nitrogen and oxygen atoms in total. The molecule has 24 heavy (non-hydrogen) atoms. The minimum absolute atomic E-state index is 0.109. The highest BCUT2D eigenvalue weighted by Gasteiger charge is 2.22. The van der Waals surface area contributed by atoms with E-state index in [1.165, 1.54) is 12.8 Å². The Labute approximate surface area is 143 Å². The highest BCUT2D eigenvalue weighted by atomic mass is 16.2. The summed E-state index contributed by atoms with van der Waals surface area (Å²) >= 11 is 0. The van der Waals surface area contributed by atoms with Crippen LogP contribution in [0.2, 0.25) is 0 Å². The fourth-order valence-electron chi connectivity index (χ4n) is 3.50. The first kappa shape index (κ1) is 16.6. The van der Waals surface area contributed by atoms with Gasteiger partial charge in [-0.15, -0.1) is 0 Å². The molecule has 3 amide bonds. The van der Waals surface area contributed by atoms with Gasteiger partial charge in [0.25, 0.3) is 0 Å². The van der Waals surface area contributed by atoms with Crippen LogP contribution in [0.15, 0.2) is 24.3 Å². The molecule has 2 fully saturated rings. The molecule has 0 aromatic heterocycles. The highest BCUT2D eigenvalue weighted by molar-refractivity contribution is 5.93. The lowest BCUT2D eigenvalue weighted by Crippen LogP contribution is -2.47. The molecule has 1 aromatic rings. The normalized spacial score (nSPS) is 18.5. The molecule has 0 aliphatic carbocycles. The van der Waals surface area contributed by atoms with Crippen LogP contribution in [0.3, 0.4) is 0 Å². The van der Waals surface area contributed by atoms with Crippen LogP contribution in [-0.2, 0) is 4.79 Å². The molecule has 2 N–H and O–H groups in total. The molecule has 0 radical (unpaired) electrons. The lowest BCUT2D eigenvalue weighted by molar-refractivity contribution is -0.129. The van der Waals surface area contributed by atoms with Crippen molar-refractivity contribution in [1.82, 2.24) is 10.2 Å². The van der Waals surface area contributed by atoms with Crippen LogP contribution < -0.4 is 15.5 Å². The van der Waals surface area contributed by atoms with E-state index in [0.29, 0.717) is 13.1 Å². The number of nitrogens with one attached hydrogen (secondary N) is 2. The van der Waals surface area contributed by atoms with E-state index >= 15 is 0 Å². The zero-order valence-corrected chi connectivity index (χ0v) is 14.3. The SMILES string of the molecule is CC(=O)N1CCC(NC(=O)Nc2ccccc2N2CCCC2)CC1. The second kappa shape index (κ2) is 7.55. The summed E-state index contributed by atoms with van der Waals surface area (Å²) in [5, 5.41) is 6.03. The van der Waals surface area contributed by atoms with Crippen LogP contribution in [0.25, 0.3) is 0 Å². The number of hydrogen-bond donors (Lipinski definition) is 2. The third-order valence-corrected chi connectivity index (χ3v) is 4.87. The van der Waals surface area contributed by atoms with Crippen molar-refractivity contribution in [1.29, 1.82) is 0 Å². The van der Waals surface area contributed by atoms with Crippen LogP contribution >= 0.6 is 0 Å². The number of urea groups is 1. The predicted molar refractivity (Wildman–Crippen MR) is 95.3 cm³/mol. The Kier molecular flexibility index (Phi) is 5.23.